The number of benzene rings is 1. The molecule has 108 valence electrons. The van der Waals surface area contributed by atoms with Crippen LogP contribution in [0.4, 0.5) is 0 Å². The molecule has 0 bridgehead atoms. The van der Waals surface area contributed by atoms with E-state index in [9.17, 15) is 0 Å². The van der Waals surface area contributed by atoms with Gasteiger partial charge in [0.2, 0.25) is 0 Å². The molecule has 0 saturated carbocycles. The molecule has 0 spiro atoms. The molecule has 2 rings (SSSR count). The number of aryl methyl sites for hydroxylation is 1. The Bertz CT molecular complexity index is 534. The second-order valence-corrected chi connectivity index (χ2v) is 6.76. The predicted octanol–water partition coefficient (Wildman–Crippen LogP) is 4.47. The van der Waals surface area contributed by atoms with Gasteiger partial charge >= 0.3 is 0 Å². The summed E-state index contributed by atoms with van der Waals surface area (Å²) in [5, 5.41) is 3.36. The average Bonchev–Trinajstić information content (AvgIpc) is 2.83. The van der Waals surface area contributed by atoms with Gasteiger partial charge in [0.15, 0.2) is 0 Å². The topological polar surface area (TPSA) is 21.3 Å². The van der Waals surface area contributed by atoms with Crippen LogP contribution in [0.25, 0.3) is 0 Å². The minimum atomic E-state index is 0.646. The van der Waals surface area contributed by atoms with Gasteiger partial charge in [-0.15, -0.1) is 23.1 Å². The molecule has 0 fully saturated rings. The zero-order chi connectivity index (χ0) is 14.4. The smallest absolute Gasteiger partial charge is 0.119 e. The SMILES string of the molecule is CCNCc1cc(COc2ccc(SC)cc2)c(C)s1. The van der Waals surface area contributed by atoms with E-state index in [1.165, 1.54) is 20.2 Å². The van der Waals surface area contributed by atoms with Crippen LogP contribution in [-0.2, 0) is 13.2 Å². The second-order valence-electron chi connectivity index (χ2n) is 4.54. The fourth-order valence-electron chi connectivity index (χ4n) is 1.90. The molecule has 1 N–H and O–H groups in total. The van der Waals surface area contributed by atoms with Crippen LogP contribution in [-0.4, -0.2) is 12.8 Å². The lowest BCUT2D eigenvalue weighted by molar-refractivity contribution is 0.306. The van der Waals surface area contributed by atoms with Crippen molar-refractivity contribution in [2.45, 2.75) is 31.9 Å². The lowest BCUT2D eigenvalue weighted by atomic mass is 10.2. The molecule has 2 aromatic rings. The summed E-state index contributed by atoms with van der Waals surface area (Å²) in [7, 11) is 0. The van der Waals surface area contributed by atoms with Crippen molar-refractivity contribution in [3.8, 4) is 5.75 Å². The fourth-order valence-corrected chi connectivity index (χ4v) is 3.33. The molecule has 0 saturated heterocycles. The Kier molecular flexibility index (Phi) is 5.95. The van der Waals surface area contributed by atoms with Gasteiger partial charge in [-0.05, 0) is 50.1 Å². The van der Waals surface area contributed by atoms with Crippen molar-refractivity contribution >= 4 is 23.1 Å². The van der Waals surface area contributed by atoms with Crippen LogP contribution in [0.1, 0.15) is 22.2 Å². The Morgan fingerprint density at radius 3 is 2.65 bits per heavy atom. The number of hydrogen-bond acceptors (Lipinski definition) is 4. The third-order valence-corrected chi connectivity index (χ3v) is 4.91. The maximum atomic E-state index is 5.87. The first kappa shape index (κ1) is 15.4. The average molecular weight is 307 g/mol. The van der Waals surface area contributed by atoms with Crippen molar-refractivity contribution in [3.63, 3.8) is 0 Å². The zero-order valence-corrected chi connectivity index (χ0v) is 13.9. The lowest BCUT2D eigenvalue weighted by Gasteiger charge is -2.06. The number of hydrogen-bond donors (Lipinski definition) is 1. The summed E-state index contributed by atoms with van der Waals surface area (Å²) in [5.74, 6) is 0.932. The summed E-state index contributed by atoms with van der Waals surface area (Å²) in [6.45, 7) is 6.89. The van der Waals surface area contributed by atoms with Gasteiger partial charge in [-0.3, -0.25) is 0 Å². The molecule has 1 heterocycles. The predicted molar refractivity (Wildman–Crippen MR) is 89.0 cm³/mol. The molecule has 0 unspecified atom stereocenters. The molecular weight excluding hydrogens is 286 g/mol. The molecule has 0 aliphatic heterocycles. The summed E-state index contributed by atoms with van der Waals surface area (Å²) in [6.07, 6.45) is 2.08. The molecule has 0 aliphatic carbocycles. The molecule has 1 aromatic heterocycles. The van der Waals surface area contributed by atoms with Crippen LogP contribution in [0.3, 0.4) is 0 Å². The molecule has 2 nitrogen and oxygen atoms in total. The van der Waals surface area contributed by atoms with Crippen molar-refractivity contribution in [2.24, 2.45) is 0 Å². The van der Waals surface area contributed by atoms with Gasteiger partial charge < -0.3 is 10.1 Å². The van der Waals surface area contributed by atoms with Crippen LogP contribution < -0.4 is 10.1 Å². The highest BCUT2D eigenvalue weighted by molar-refractivity contribution is 7.98. The summed E-state index contributed by atoms with van der Waals surface area (Å²) in [5.41, 5.74) is 1.29. The van der Waals surface area contributed by atoms with E-state index in [1.807, 2.05) is 23.5 Å². The van der Waals surface area contributed by atoms with E-state index in [0.29, 0.717) is 6.61 Å². The minimum absolute atomic E-state index is 0.646. The van der Waals surface area contributed by atoms with E-state index in [-0.39, 0.29) is 0 Å². The van der Waals surface area contributed by atoms with Crippen molar-refractivity contribution < 1.29 is 4.74 Å². The van der Waals surface area contributed by atoms with Crippen LogP contribution in [0, 0.1) is 6.92 Å². The summed E-state index contributed by atoms with van der Waals surface area (Å²) in [6, 6.07) is 10.5. The summed E-state index contributed by atoms with van der Waals surface area (Å²) >= 11 is 3.59. The number of nitrogens with one attached hydrogen (secondary N) is 1. The normalized spacial score (nSPS) is 10.8. The Hall–Kier alpha value is -0.970. The first-order chi connectivity index (χ1) is 9.72. The van der Waals surface area contributed by atoms with E-state index >= 15 is 0 Å². The number of ether oxygens (including phenoxy) is 1. The van der Waals surface area contributed by atoms with Gasteiger partial charge in [0.1, 0.15) is 12.4 Å². The standard InChI is InChI=1S/C16H21NOS2/c1-4-17-10-16-9-13(12(2)20-16)11-18-14-5-7-15(19-3)8-6-14/h5-9,17H,4,10-11H2,1-3H3. The van der Waals surface area contributed by atoms with Crippen LogP contribution in [0.2, 0.25) is 0 Å². The first-order valence-corrected chi connectivity index (χ1v) is 8.82. The van der Waals surface area contributed by atoms with Gasteiger partial charge in [-0.2, -0.15) is 0 Å². The van der Waals surface area contributed by atoms with Crippen molar-refractivity contribution in [2.75, 3.05) is 12.8 Å². The fraction of sp³-hybridized carbons (Fsp3) is 0.375. The van der Waals surface area contributed by atoms with Crippen LogP contribution >= 0.6 is 23.1 Å². The summed E-state index contributed by atoms with van der Waals surface area (Å²) < 4.78 is 5.87. The number of rotatable bonds is 7. The number of thiophene rings is 1. The van der Waals surface area contributed by atoms with E-state index in [4.69, 9.17) is 4.74 Å². The third kappa shape index (κ3) is 4.27. The molecule has 0 amide bonds. The Labute approximate surface area is 129 Å². The highest BCUT2D eigenvalue weighted by atomic mass is 32.2. The largest absolute Gasteiger partial charge is 0.489 e. The maximum Gasteiger partial charge on any atom is 0.119 e. The lowest BCUT2D eigenvalue weighted by Crippen LogP contribution is -2.10. The van der Waals surface area contributed by atoms with Crippen molar-refractivity contribution in [1.82, 2.24) is 5.32 Å². The highest BCUT2D eigenvalue weighted by Crippen LogP contribution is 2.24. The van der Waals surface area contributed by atoms with E-state index in [1.54, 1.807) is 11.8 Å². The molecule has 0 aliphatic rings. The minimum Gasteiger partial charge on any atom is -0.489 e. The summed E-state index contributed by atoms with van der Waals surface area (Å²) in [4.78, 5) is 3.98. The van der Waals surface area contributed by atoms with Gasteiger partial charge in [0.25, 0.3) is 0 Å². The van der Waals surface area contributed by atoms with Gasteiger partial charge in [-0.25, -0.2) is 0 Å². The molecule has 4 heteroatoms. The molecule has 0 atom stereocenters. The molecular formula is C16H21NOS2. The monoisotopic (exact) mass is 307 g/mol. The van der Waals surface area contributed by atoms with Gasteiger partial charge in [-0.1, -0.05) is 6.92 Å². The first-order valence-electron chi connectivity index (χ1n) is 6.78. The Morgan fingerprint density at radius 2 is 2.00 bits per heavy atom. The Morgan fingerprint density at radius 1 is 1.25 bits per heavy atom. The third-order valence-electron chi connectivity index (χ3n) is 3.07. The molecule has 1 aromatic carbocycles. The second kappa shape index (κ2) is 7.72. The molecule has 0 radical (unpaired) electrons. The quantitative estimate of drug-likeness (QED) is 0.763. The van der Waals surface area contributed by atoms with Gasteiger partial charge in [0, 0.05) is 26.8 Å². The molecule has 20 heavy (non-hydrogen) atoms. The van der Waals surface area contributed by atoms with E-state index in [2.05, 4.69) is 43.6 Å². The zero-order valence-electron chi connectivity index (χ0n) is 12.2. The van der Waals surface area contributed by atoms with Crippen molar-refractivity contribution in [3.05, 3.63) is 45.6 Å². The van der Waals surface area contributed by atoms with Crippen LogP contribution in [0.15, 0.2) is 35.2 Å². The van der Waals surface area contributed by atoms with Crippen LogP contribution in [0.5, 0.6) is 5.75 Å². The van der Waals surface area contributed by atoms with E-state index in [0.717, 1.165) is 18.8 Å². The Balaban J connectivity index is 1.94. The van der Waals surface area contributed by atoms with Crippen molar-refractivity contribution in [1.29, 1.82) is 0 Å². The maximum absolute atomic E-state index is 5.87. The number of thioether (sulfide) groups is 1. The highest BCUT2D eigenvalue weighted by Gasteiger charge is 2.06. The van der Waals surface area contributed by atoms with E-state index < -0.39 is 0 Å². The van der Waals surface area contributed by atoms with Gasteiger partial charge in [0.05, 0.1) is 0 Å².